The second-order valence-electron chi connectivity index (χ2n) is 12.8. The summed E-state index contributed by atoms with van der Waals surface area (Å²) in [7, 11) is 4.40. The lowest BCUT2D eigenvalue weighted by molar-refractivity contribution is -0.115. The predicted octanol–water partition coefficient (Wildman–Crippen LogP) is 8.35. The van der Waals surface area contributed by atoms with Crippen LogP contribution in [-0.2, 0) is 27.2 Å². The highest BCUT2D eigenvalue weighted by Crippen LogP contribution is 2.43. The number of thioether (sulfide) groups is 1. The molecule has 3 N–H and O–H groups in total. The quantitative estimate of drug-likeness (QED) is 0.0618. The first-order chi connectivity index (χ1) is 26.7. The van der Waals surface area contributed by atoms with E-state index in [9.17, 15) is 19.2 Å². The van der Waals surface area contributed by atoms with E-state index in [4.69, 9.17) is 14.2 Å². The van der Waals surface area contributed by atoms with Crippen LogP contribution in [0.1, 0.15) is 61.5 Å². The van der Waals surface area contributed by atoms with Gasteiger partial charge in [-0.15, -0.1) is 23.1 Å². The molecule has 0 spiro atoms. The van der Waals surface area contributed by atoms with Crippen LogP contribution in [0.25, 0.3) is 6.08 Å². The summed E-state index contributed by atoms with van der Waals surface area (Å²) in [4.78, 5) is 55.4. The molecule has 1 aliphatic rings. The van der Waals surface area contributed by atoms with Crippen LogP contribution in [0, 0.1) is 0 Å². The number of amides is 3. The van der Waals surface area contributed by atoms with Crippen molar-refractivity contribution in [3.8, 4) is 11.5 Å². The monoisotopic (exact) mass is 775 g/mol. The second kappa shape index (κ2) is 18.0. The molecule has 1 aliphatic carbocycles. The Bertz CT molecular complexity index is 2220. The van der Waals surface area contributed by atoms with Gasteiger partial charge in [-0.1, -0.05) is 54.6 Å². The van der Waals surface area contributed by atoms with Crippen molar-refractivity contribution < 1.29 is 33.4 Å². The summed E-state index contributed by atoms with van der Waals surface area (Å²) in [5.74, 6) is -0.416. The Morgan fingerprint density at radius 2 is 1.60 bits per heavy atom. The van der Waals surface area contributed by atoms with Gasteiger partial charge in [-0.05, 0) is 91.8 Å². The van der Waals surface area contributed by atoms with Crippen molar-refractivity contribution in [3.63, 3.8) is 0 Å². The largest absolute Gasteiger partial charge is 0.497 e. The molecule has 6 rings (SSSR count). The number of carbonyl (C=O) groups is 4. The minimum atomic E-state index is -0.568. The fourth-order valence-corrected chi connectivity index (χ4v) is 8.60. The molecule has 5 aromatic rings. The highest BCUT2D eigenvalue weighted by molar-refractivity contribution is 8.00. The minimum Gasteiger partial charge on any atom is -0.497 e. The van der Waals surface area contributed by atoms with Crippen molar-refractivity contribution in [2.45, 2.75) is 42.2 Å². The molecule has 55 heavy (non-hydrogen) atoms. The molecule has 2 atom stereocenters. The summed E-state index contributed by atoms with van der Waals surface area (Å²) < 4.78 is 16.0. The summed E-state index contributed by atoms with van der Waals surface area (Å²) in [6.45, 7) is 1.78. The maximum absolute atomic E-state index is 13.8. The Morgan fingerprint density at radius 1 is 0.855 bits per heavy atom. The van der Waals surface area contributed by atoms with Crippen molar-refractivity contribution >= 4 is 63.6 Å². The number of nitrogens with one attached hydrogen (secondary N) is 3. The van der Waals surface area contributed by atoms with Crippen LogP contribution in [0.15, 0.2) is 114 Å². The smallest absolute Gasteiger partial charge is 0.341 e. The van der Waals surface area contributed by atoms with Crippen LogP contribution in [0.2, 0.25) is 0 Å². The molecule has 3 amide bonds. The van der Waals surface area contributed by atoms with E-state index >= 15 is 0 Å². The van der Waals surface area contributed by atoms with E-state index in [2.05, 4.69) is 28.1 Å². The molecule has 0 saturated carbocycles. The van der Waals surface area contributed by atoms with Crippen molar-refractivity contribution in [2.24, 2.45) is 0 Å². The molecule has 12 heteroatoms. The zero-order valence-electron chi connectivity index (χ0n) is 30.8. The van der Waals surface area contributed by atoms with Gasteiger partial charge in [-0.2, -0.15) is 0 Å². The third kappa shape index (κ3) is 9.45. The van der Waals surface area contributed by atoms with E-state index < -0.39 is 23.0 Å². The Morgan fingerprint density at radius 3 is 2.31 bits per heavy atom. The molecular weight excluding hydrogens is 735 g/mol. The number of carbonyl (C=O) groups excluding carboxylic acids is 4. The number of hydrogen-bond donors (Lipinski definition) is 3. The lowest BCUT2D eigenvalue weighted by Gasteiger charge is -2.22. The number of ether oxygens (including phenoxy) is 3. The summed E-state index contributed by atoms with van der Waals surface area (Å²) >= 11 is 2.74. The maximum atomic E-state index is 13.8. The lowest BCUT2D eigenvalue weighted by atomic mass is 9.83. The minimum absolute atomic E-state index is 0.0155. The summed E-state index contributed by atoms with van der Waals surface area (Å²) in [6.07, 6.45) is 3.94. The molecule has 10 nitrogen and oxygen atoms in total. The summed E-state index contributed by atoms with van der Waals surface area (Å²) in [6, 6.07) is 31.1. The SMILES string of the molecule is COC(=O)c1c(NC(=O)C(C)Sc2cccc(NC(=O)/C(=C\c3ccc(OC)cc3OC)NC(=O)c3ccccc3)c2)sc2c1CCC(c1ccccc1)C2. The molecule has 1 heterocycles. The number of fused-ring (bicyclic) bond motifs is 1. The van der Waals surface area contributed by atoms with Gasteiger partial charge in [0.25, 0.3) is 11.8 Å². The third-order valence-electron chi connectivity index (χ3n) is 9.21. The summed E-state index contributed by atoms with van der Waals surface area (Å²) in [5, 5.41) is 8.57. The van der Waals surface area contributed by atoms with E-state index in [0.717, 1.165) is 34.6 Å². The number of methoxy groups -OCH3 is 3. The zero-order valence-corrected chi connectivity index (χ0v) is 32.5. The van der Waals surface area contributed by atoms with Gasteiger partial charge in [0.15, 0.2) is 0 Å². The van der Waals surface area contributed by atoms with Gasteiger partial charge >= 0.3 is 5.97 Å². The van der Waals surface area contributed by atoms with Crippen molar-refractivity contribution in [1.29, 1.82) is 0 Å². The van der Waals surface area contributed by atoms with Crippen LogP contribution in [-0.4, -0.2) is 50.3 Å². The van der Waals surface area contributed by atoms with Crippen LogP contribution in [0.3, 0.4) is 0 Å². The van der Waals surface area contributed by atoms with E-state index in [-0.39, 0.29) is 11.6 Å². The number of rotatable bonds is 13. The molecule has 0 saturated heterocycles. The fourth-order valence-electron chi connectivity index (χ4n) is 6.35. The van der Waals surface area contributed by atoms with Crippen molar-refractivity contribution in [3.05, 3.63) is 142 Å². The van der Waals surface area contributed by atoms with E-state index in [1.54, 1.807) is 80.8 Å². The molecular formula is C43H41N3O7S2. The Hall–Kier alpha value is -5.85. The molecule has 0 aliphatic heterocycles. The zero-order chi connectivity index (χ0) is 38.9. The van der Waals surface area contributed by atoms with Gasteiger partial charge in [-0.3, -0.25) is 14.4 Å². The average Bonchev–Trinajstić information content (AvgIpc) is 3.57. The van der Waals surface area contributed by atoms with Gasteiger partial charge in [0.05, 0.1) is 32.1 Å². The van der Waals surface area contributed by atoms with Crippen LogP contribution in [0.5, 0.6) is 11.5 Å². The van der Waals surface area contributed by atoms with Crippen molar-refractivity contribution in [2.75, 3.05) is 32.0 Å². The highest BCUT2D eigenvalue weighted by atomic mass is 32.2. The second-order valence-corrected chi connectivity index (χ2v) is 15.3. The van der Waals surface area contributed by atoms with Crippen molar-refractivity contribution in [1.82, 2.24) is 5.32 Å². The van der Waals surface area contributed by atoms with E-state index in [1.165, 1.54) is 49.0 Å². The lowest BCUT2D eigenvalue weighted by Crippen LogP contribution is -2.30. The van der Waals surface area contributed by atoms with E-state index in [1.807, 2.05) is 24.3 Å². The van der Waals surface area contributed by atoms with Crippen LogP contribution in [0.4, 0.5) is 10.7 Å². The number of benzene rings is 4. The first-order valence-electron chi connectivity index (χ1n) is 17.6. The standard InChI is InChI=1S/C43H41N3O7S2/c1-26(39(47)46-42-38(43(50)53-4)34-21-19-29(23-37(34)55-42)27-12-7-5-8-13-27)54-33-17-11-16-31(24-33)44-41(49)35(45-40(48)28-14-9-6-10-15-28)22-30-18-20-32(51-2)25-36(30)52-3/h5-18,20,22,24-26,29H,19,21,23H2,1-4H3,(H,44,49)(H,45,48)(H,46,47)/b35-22+. The van der Waals surface area contributed by atoms with Gasteiger partial charge in [-0.25, -0.2) is 4.79 Å². The number of thiophene rings is 1. The molecule has 2 unspecified atom stereocenters. The molecule has 1 aromatic heterocycles. The van der Waals surface area contributed by atoms with Gasteiger partial charge < -0.3 is 30.2 Å². The Labute approximate surface area is 328 Å². The third-order valence-corrected chi connectivity index (χ3v) is 11.5. The number of anilines is 2. The van der Waals surface area contributed by atoms with Gasteiger partial charge in [0, 0.05) is 32.7 Å². The van der Waals surface area contributed by atoms with Crippen LogP contribution < -0.4 is 25.4 Å². The first kappa shape index (κ1) is 38.9. The van der Waals surface area contributed by atoms with Gasteiger partial charge in [0.2, 0.25) is 5.91 Å². The Kier molecular flexibility index (Phi) is 12.7. The average molecular weight is 776 g/mol. The molecule has 282 valence electrons. The topological polar surface area (TPSA) is 132 Å². The number of esters is 1. The Balaban J connectivity index is 1.17. The molecule has 4 aromatic carbocycles. The molecule has 0 fully saturated rings. The first-order valence-corrected chi connectivity index (χ1v) is 19.3. The fraction of sp³-hybridized carbons (Fsp3) is 0.209. The van der Waals surface area contributed by atoms with Gasteiger partial charge in [0.1, 0.15) is 22.2 Å². The highest BCUT2D eigenvalue weighted by Gasteiger charge is 2.31. The van der Waals surface area contributed by atoms with E-state index in [0.29, 0.717) is 44.8 Å². The number of hydrogen-bond acceptors (Lipinski definition) is 9. The molecule has 0 bridgehead atoms. The maximum Gasteiger partial charge on any atom is 0.341 e. The van der Waals surface area contributed by atoms with Crippen LogP contribution >= 0.6 is 23.1 Å². The normalized spacial score (nSPS) is 14.2. The summed E-state index contributed by atoms with van der Waals surface area (Å²) in [5.41, 5.74) is 4.00. The predicted molar refractivity (Wildman–Crippen MR) is 217 cm³/mol. The molecule has 0 radical (unpaired) electrons.